The molecule has 5 heteroatoms. The van der Waals surface area contributed by atoms with E-state index in [4.69, 9.17) is 0 Å². The van der Waals surface area contributed by atoms with E-state index in [2.05, 4.69) is 49.9 Å². The maximum absolute atomic E-state index is 12.2. The van der Waals surface area contributed by atoms with Crippen molar-refractivity contribution in [2.75, 3.05) is 36.8 Å². The first-order chi connectivity index (χ1) is 10.3. The van der Waals surface area contributed by atoms with Crippen LogP contribution in [-0.4, -0.2) is 44.7 Å². The lowest BCUT2D eigenvalue weighted by Gasteiger charge is -2.38. The van der Waals surface area contributed by atoms with Crippen LogP contribution in [0, 0.1) is 0 Å². The Kier molecular flexibility index (Phi) is 5.17. The van der Waals surface area contributed by atoms with E-state index in [-0.39, 0.29) is 11.2 Å². The molecule has 0 unspecified atom stereocenters. The molecular weight excluding hydrogens is 296 g/mol. The van der Waals surface area contributed by atoms with Crippen molar-refractivity contribution in [2.24, 2.45) is 0 Å². The van der Waals surface area contributed by atoms with Crippen LogP contribution in [0.1, 0.15) is 39.7 Å². The van der Waals surface area contributed by atoms with Crippen LogP contribution in [0.25, 0.3) is 0 Å². The lowest BCUT2D eigenvalue weighted by atomic mass is 9.85. The van der Waals surface area contributed by atoms with Crippen molar-refractivity contribution in [3.8, 4) is 0 Å². The highest BCUT2D eigenvalue weighted by Crippen LogP contribution is 2.32. The second-order valence-electron chi connectivity index (χ2n) is 6.97. The first-order valence-electron chi connectivity index (χ1n) is 8.08. The molecule has 1 aliphatic rings. The number of anilines is 1. The molecule has 2 rings (SSSR count). The number of sulfonamides is 1. The topological polar surface area (TPSA) is 40.6 Å². The van der Waals surface area contributed by atoms with Crippen LogP contribution >= 0.6 is 0 Å². The van der Waals surface area contributed by atoms with Gasteiger partial charge >= 0.3 is 0 Å². The van der Waals surface area contributed by atoms with Crippen LogP contribution in [0.2, 0.25) is 0 Å². The van der Waals surface area contributed by atoms with Crippen molar-refractivity contribution >= 4 is 15.7 Å². The maximum atomic E-state index is 12.2. The Morgan fingerprint density at radius 1 is 1.05 bits per heavy atom. The first kappa shape index (κ1) is 17.3. The Morgan fingerprint density at radius 3 is 2.18 bits per heavy atom. The van der Waals surface area contributed by atoms with E-state index >= 15 is 0 Å². The van der Waals surface area contributed by atoms with E-state index < -0.39 is 10.0 Å². The van der Waals surface area contributed by atoms with Gasteiger partial charge in [-0.25, -0.2) is 8.42 Å². The molecule has 1 aromatic carbocycles. The van der Waals surface area contributed by atoms with E-state index in [0.29, 0.717) is 19.5 Å². The number of rotatable bonds is 4. The number of hydrogen-bond acceptors (Lipinski definition) is 3. The summed E-state index contributed by atoms with van der Waals surface area (Å²) in [4.78, 5) is 2.32. The van der Waals surface area contributed by atoms with Gasteiger partial charge in [-0.3, -0.25) is 0 Å². The number of nitrogens with zero attached hydrogens (tertiary/aromatic N) is 2. The molecule has 124 valence electrons. The third-order valence-electron chi connectivity index (χ3n) is 4.15. The highest BCUT2D eigenvalue weighted by molar-refractivity contribution is 7.89. The maximum Gasteiger partial charge on any atom is 0.214 e. The van der Waals surface area contributed by atoms with E-state index in [1.807, 2.05) is 6.92 Å². The van der Waals surface area contributed by atoms with E-state index in [1.165, 1.54) is 11.3 Å². The SMILES string of the molecule is CCCS(=O)(=O)N1CCN(c2ccccc2C(C)(C)C)CC1. The zero-order valence-corrected chi connectivity index (χ0v) is 15.0. The lowest BCUT2D eigenvalue weighted by molar-refractivity contribution is 0.383. The molecule has 22 heavy (non-hydrogen) atoms. The summed E-state index contributed by atoms with van der Waals surface area (Å²) in [6, 6.07) is 8.46. The second kappa shape index (κ2) is 6.59. The van der Waals surface area contributed by atoms with Gasteiger partial charge in [0, 0.05) is 31.9 Å². The van der Waals surface area contributed by atoms with Crippen molar-refractivity contribution in [3.63, 3.8) is 0 Å². The third-order valence-corrected chi connectivity index (χ3v) is 6.22. The molecule has 0 bridgehead atoms. The molecular formula is C17H28N2O2S. The Morgan fingerprint density at radius 2 is 1.64 bits per heavy atom. The lowest BCUT2D eigenvalue weighted by Crippen LogP contribution is -2.49. The van der Waals surface area contributed by atoms with Gasteiger partial charge in [0.1, 0.15) is 0 Å². The molecule has 0 amide bonds. The molecule has 1 fully saturated rings. The molecule has 0 radical (unpaired) electrons. The van der Waals surface area contributed by atoms with Crippen LogP contribution in [-0.2, 0) is 15.4 Å². The largest absolute Gasteiger partial charge is 0.369 e. The van der Waals surface area contributed by atoms with Gasteiger partial charge in [-0.15, -0.1) is 0 Å². The summed E-state index contributed by atoms with van der Waals surface area (Å²) in [5, 5.41) is 0. The number of piperazine rings is 1. The summed E-state index contributed by atoms with van der Waals surface area (Å²) in [6.07, 6.45) is 0.676. The van der Waals surface area contributed by atoms with Crippen molar-refractivity contribution in [1.82, 2.24) is 4.31 Å². The van der Waals surface area contributed by atoms with Gasteiger partial charge in [-0.2, -0.15) is 4.31 Å². The van der Waals surface area contributed by atoms with Gasteiger partial charge < -0.3 is 4.90 Å². The van der Waals surface area contributed by atoms with Crippen LogP contribution < -0.4 is 4.90 Å². The van der Waals surface area contributed by atoms with E-state index in [0.717, 1.165) is 13.1 Å². The van der Waals surface area contributed by atoms with Gasteiger partial charge in [0.15, 0.2) is 0 Å². The zero-order valence-electron chi connectivity index (χ0n) is 14.2. The predicted molar refractivity (Wildman–Crippen MR) is 93.0 cm³/mol. The fraction of sp³-hybridized carbons (Fsp3) is 0.647. The zero-order chi connectivity index (χ0) is 16.4. The Bertz CT molecular complexity index is 597. The molecule has 0 saturated carbocycles. The minimum atomic E-state index is -3.07. The molecule has 1 aliphatic heterocycles. The third kappa shape index (κ3) is 3.82. The van der Waals surface area contributed by atoms with Gasteiger partial charge in [-0.1, -0.05) is 45.9 Å². The molecule has 1 heterocycles. The van der Waals surface area contributed by atoms with Gasteiger partial charge in [0.2, 0.25) is 10.0 Å². The molecule has 4 nitrogen and oxygen atoms in total. The van der Waals surface area contributed by atoms with Gasteiger partial charge in [0.25, 0.3) is 0 Å². The average molecular weight is 324 g/mol. The quantitative estimate of drug-likeness (QED) is 0.855. The Hall–Kier alpha value is -1.07. The first-order valence-corrected chi connectivity index (χ1v) is 9.69. The number of benzene rings is 1. The standard InChI is InChI=1S/C17H28N2O2S/c1-5-14-22(20,21)19-12-10-18(11-13-19)16-9-7-6-8-15(16)17(2,3)4/h6-9H,5,10-14H2,1-4H3. The molecule has 1 saturated heterocycles. The van der Waals surface area contributed by atoms with Gasteiger partial charge in [-0.05, 0) is 23.5 Å². The molecule has 0 aromatic heterocycles. The molecule has 0 N–H and O–H groups in total. The molecule has 0 atom stereocenters. The predicted octanol–water partition coefficient (Wildman–Crippen LogP) is 2.85. The van der Waals surface area contributed by atoms with Crippen molar-refractivity contribution in [2.45, 2.75) is 39.5 Å². The minimum Gasteiger partial charge on any atom is -0.369 e. The highest BCUT2D eigenvalue weighted by Gasteiger charge is 2.28. The summed E-state index contributed by atoms with van der Waals surface area (Å²) in [5.41, 5.74) is 2.64. The van der Waals surface area contributed by atoms with Crippen LogP contribution in [0.4, 0.5) is 5.69 Å². The minimum absolute atomic E-state index is 0.0853. The van der Waals surface area contributed by atoms with Crippen LogP contribution in [0.5, 0.6) is 0 Å². The highest BCUT2D eigenvalue weighted by atomic mass is 32.2. The Balaban J connectivity index is 2.13. The monoisotopic (exact) mass is 324 g/mol. The van der Waals surface area contributed by atoms with E-state index in [1.54, 1.807) is 4.31 Å². The summed E-state index contributed by atoms with van der Waals surface area (Å²) in [6.45, 7) is 11.2. The summed E-state index contributed by atoms with van der Waals surface area (Å²) in [7, 11) is -3.07. The Labute approximate surface area is 135 Å². The molecule has 1 aromatic rings. The van der Waals surface area contributed by atoms with Gasteiger partial charge in [0.05, 0.1) is 5.75 Å². The fourth-order valence-electron chi connectivity index (χ4n) is 2.98. The number of para-hydroxylation sites is 1. The van der Waals surface area contributed by atoms with Crippen molar-refractivity contribution < 1.29 is 8.42 Å². The van der Waals surface area contributed by atoms with Crippen LogP contribution in [0.3, 0.4) is 0 Å². The van der Waals surface area contributed by atoms with Crippen LogP contribution in [0.15, 0.2) is 24.3 Å². The second-order valence-corrected chi connectivity index (χ2v) is 9.06. The normalized spacial score (nSPS) is 17.7. The molecule has 0 spiro atoms. The summed E-state index contributed by atoms with van der Waals surface area (Å²) < 4.78 is 26.0. The fourth-order valence-corrected chi connectivity index (χ4v) is 4.47. The smallest absolute Gasteiger partial charge is 0.214 e. The summed E-state index contributed by atoms with van der Waals surface area (Å²) >= 11 is 0. The summed E-state index contributed by atoms with van der Waals surface area (Å²) in [5.74, 6) is 0.256. The van der Waals surface area contributed by atoms with Crippen molar-refractivity contribution in [3.05, 3.63) is 29.8 Å². The average Bonchev–Trinajstić information content (AvgIpc) is 2.46. The van der Waals surface area contributed by atoms with E-state index in [9.17, 15) is 8.42 Å². The molecule has 0 aliphatic carbocycles. The van der Waals surface area contributed by atoms with Crippen molar-refractivity contribution in [1.29, 1.82) is 0 Å². The number of hydrogen-bond donors (Lipinski definition) is 0.